The van der Waals surface area contributed by atoms with Crippen molar-refractivity contribution in [3.8, 4) is 11.1 Å². The normalized spacial score (nSPS) is 17.5. The van der Waals surface area contributed by atoms with Crippen LogP contribution in [0.3, 0.4) is 0 Å². The van der Waals surface area contributed by atoms with Crippen molar-refractivity contribution in [1.29, 1.82) is 0 Å². The molecule has 6 heteroatoms. The molecular weight excluding hydrogens is 380 g/mol. The molecule has 158 valence electrons. The quantitative estimate of drug-likeness (QED) is 0.689. The number of aliphatic hydroxyl groups excluding tert-OH is 1. The van der Waals surface area contributed by atoms with Crippen molar-refractivity contribution in [3.05, 3.63) is 59.7 Å². The van der Waals surface area contributed by atoms with Crippen LogP contribution in [0.5, 0.6) is 0 Å². The lowest BCUT2D eigenvalue weighted by Crippen LogP contribution is -2.46. The van der Waals surface area contributed by atoms with Crippen LogP contribution < -0.4 is 5.32 Å². The van der Waals surface area contributed by atoms with Crippen molar-refractivity contribution in [2.45, 2.75) is 37.6 Å². The molecule has 30 heavy (non-hydrogen) atoms. The Morgan fingerprint density at radius 1 is 1.03 bits per heavy atom. The zero-order chi connectivity index (χ0) is 20.9. The van der Waals surface area contributed by atoms with Crippen molar-refractivity contribution in [3.63, 3.8) is 0 Å². The predicted octanol–water partition coefficient (Wildman–Crippen LogP) is 3.29. The zero-order valence-electron chi connectivity index (χ0n) is 17.0. The van der Waals surface area contributed by atoms with E-state index >= 15 is 0 Å². The van der Waals surface area contributed by atoms with Crippen molar-refractivity contribution in [2.24, 2.45) is 0 Å². The van der Waals surface area contributed by atoms with Crippen LogP contribution in [0.2, 0.25) is 0 Å². The van der Waals surface area contributed by atoms with Gasteiger partial charge in [-0.2, -0.15) is 0 Å². The number of unbranched alkanes of at least 4 members (excludes halogenated alkanes) is 1. The van der Waals surface area contributed by atoms with Gasteiger partial charge in [-0.3, -0.25) is 9.69 Å². The largest absolute Gasteiger partial charge is 0.448 e. The van der Waals surface area contributed by atoms with Crippen molar-refractivity contribution < 1.29 is 19.4 Å². The maximum absolute atomic E-state index is 12.8. The molecular formula is C24H28N2O4. The summed E-state index contributed by atoms with van der Waals surface area (Å²) in [5.41, 5.74) is 4.73. The van der Waals surface area contributed by atoms with E-state index in [2.05, 4.69) is 29.6 Å². The first-order valence-electron chi connectivity index (χ1n) is 10.7. The molecule has 6 nitrogen and oxygen atoms in total. The van der Waals surface area contributed by atoms with Crippen LogP contribution in [0.25, 0.3) is 11.1 Å². The lowest BCUT2D eigenvalue weighted by molar-refractivity contribution is -0.125. The molecule has 4 rings (SSSR count). The lowest BCUT2D eigenvalue weighted by atomic mass is 9.98. The van der Waals surface area contributed by atoms with E-state index < -0.39 is 12.1 Å². The second-order valence-corrected chi connectivity index (χ2v) is 7.88. The standard InChI is InChI=1S/C24H28N2O4/c27-15-6-5-13-25-23(28)22-12-7-14-26(22)24(29)30-16-21-19-10-3-1-8-17(19)18-9-2-4-11-20(18)21/h1-4,8-11,21-22,27H,5-7,12-16H2,(H,25,28). The van der Waals surface area contributed by atoms with Gasteiger partial charge in [-0.1, -0.05) is 48.5 Å². The van der Waals surface area contributed by atoms with E-state index in [-0.39, 0.29) is 25.0 Å². The summed E-state index contributed by atoms with van der Waals surface area (Å²) in [5, 5.41) is 11.7. The summed E-state index contributed by atoms with van der Waals surface area (Å²) in [6.45, 7) is 1.42. The van der Waals surface area contributed by atoms with Gasteiger partial charge in [0, 0.05) is 25.6 Å². The molecule has 2 aromatic rings. The summed E-state index contributed by atoms with van der Waals surface area (Å²) in [7, 11) is 0. The van der Waals surface area contributed by atoms with Gasteiger partial charge in [0.25, 0.3) is 0 Å². The Morgan fingerprint density at radius 3 is 2.37 bits per heavy atom. The van der Waals surface area contributed by atoms with Gasteiger partial charge in [-0.05, 0) is 47.9 Å². The highest BCUT2D eigenvalue weighted by Crippen LogP contribution is 2.44. The van der Waals surface area contributed by atoms with Crippen LogP contribution in [0.4, 0.5) is 4.79 Å². The Bertz CT molecular complexity index is 868. The van der Waals surface area contributed by atoms with Gasteiger partial charge in [0.15, 0.2) is 0 Å². The van der Waals surface area contributed by atoms with E-state index in [0.717, 1.165) is 12.8 Å². The number of rotatable bonds is 7. The molecule has 2 amide bonds. The molecule has 2 aromatic carbocycles. The van der Waals surface area contributed by atoms with Crippen LogP contribution in [-0.4, -0.2) is 54.4 Å². The summed E-state index contributed by atoms with van der Waals surface area (Å²) in [5.74, 6) is -0.131. The Balaban J connectivity index is 1.39. The average molecular weight is 408 g/mol. The highest BCUT2D eigenvalue weighted by Gasteiger charge is 2.36. The number of amides is 2. The number of aliphatic hydroxyl groups is 1. The number of nitrogens with zero attached hydrogens (tertiary/aromatic N) is 1. The third kappa shape index (κ3) is 4.05. The monoisotopic (exact) mass is 408 g/mol. The molecule has 0 radical (unpaired) electrons. The Morgan fingerprint density at radius 2 is 1.70 bits per heavy atom. The number of likely N-dealkylation sites (tertiary alicyclic amines) is 1. The summed E-state index contributed by atoms with van der Waals surface area (Å²) in [6.07, 6.45) is 2.39. The second-order valence-electron chi connectivity index (χ2n) is 7.88. The zero-order valence-corrected chi connectivity index (χ0v) is 17.0. The van der Waals surface area contributed by atoms with Crippen LogP contribution in [0.1, 0.15) is 42.7 Å². The summed E-state index contributed by atoms with van der Waals surface area (Å²) in [4.78, 5) is 26.8. The van der Waals surface area contributed by atoms with Crippen LogP contribution in [-0.2, 0) is 9.53 Å². The minimum absolute atomic E-state index is 0.00899. The maximum Gasteiger partial charge on any atom is 0.410 e. The molecule has 1 atom stereocenters. The Hall–Kier alpha value is -2.86. The first-order chi connectivity index (χ1) is 14.7. The molecule has 0 spiro atoms. The fraction of sp³-hybridized carbons (Fsp3) is 0.417. The van der Waals surface area contributed by atoms with Crippen LogP contribution >= 0.6 is 0 Å². The number of hydrogen-bond acceptors (Lipinski definition) is 4. The summed E-state index contributed by atoms with van der Waals surface area (Å²) >= 11 is 0. The van der Waals surface area contributed by atoms with Gasteiger partial charge >= 0.3 is 6.09 Å². The number of benzene rings is 2. The van der Waals surface area contributed by atoms with Gasteiger partial charge in [-0.25, -0.2) is 4.79 Å². The molecule has 2 aliphatic rings. The first-order valence-corrected chi connectivity index (χ1v) is 10.7. The SMILES string of the molecule is O=C(NCCCCO)C1CCCN1C(=O)OCC1c2ccccc2-c2ccccc21. The fourth-order valence-electron chi connectivity index (χ4n) is 4.50. The minimum atomic E-state index is -0.477. The van der Waals surface area contributed by atoms with E-state index in [9.17, 15) is 9.59 Å². The number of hydrogen-bond donors (Lipinski definition) is 2. The number of carbonyl (C=O) groups is 2. The summed E-state index contributed by atoms with van der Waals surface area (Å²) < 4.78 is 5.72. The third-order valence-electron chi connectivity index (χ3n) is 6.01. The van der Waals surface area contributed by atoms with Crippen molar-refractivity contribution >= 4 is 12.0 Å². The Kier molecular flexibility index (Phi) is 6.33. The van der Waals surface area contributed by atoms with Crippen LogP contribution in [0, 0.1) is 0 Å². The fourth-order valence-corrected chi connectivity index (χ4v) is 4.50. The minimum Gasteiger partial charge on any atom is -0.448 e. The van der Waals surface area contributed by atoms with E-state index in [4.69, 9.17) is 9.84 Å². The predicted molar refractivity (Wildman–Crippen MR) is 114 cm³/mol. The topological polar surface area (TPSA) is 78.9 Å². The molecule has 1 saturated heterocycles. The number of nitrogens with one attached hydrogen (secondary N) is 1. The van der Waals surface area contributed by atoms with E-state index in [1.165, 1.54) is 22.3 Å². The highest BCUT2D eigenvalue weighted by molar-refractivity contribution is 5.86. The first kappa shape index (κ1) is 20.4. The lowest BCUT2D eigenvalue weighted by Gasteiger charge is -2.24. The van der Waals surface area contributed by atoms with E-state index in [0.29, 0.717) is 25.9 Å². The number of ether oxygens (including phenoxy) is 1. The van der Waals surface area contributed by atoms with Crippen molar-refractivity contribution in [2.75, 3.05) is 26.3 Å². The molecule has 2 N–H and O–H groups in total. The molecule has 0 bridgehead atoms. The van der Waals surface area contributed by atoms with Crippen LogP contribution in [0.15, 0.2) is 48.5 Å². The average Bonchev–Trinajstić information content (AvgIpc) is 3.39. The van der Waals surface area contributed by atoms with Gasteiger partial charge in [-0.15, -0.1) is 0 Å². The second kappa shape index (κ2) is 9.30. The molecule has 1 heterocycles. The molecule has 0 saturated carbocycles. The molecule has 1 aliphatic heterocycles. The molecule has 0 aromatic heterocycles. The number of carbonyl (C=O) groups excluding carboxylic acids is 2. The van der Waals surface area contributed by atoms with Crippen molar-refractivity contribution in [1.82, 2.24) is 10.2 Å². The van der Waals surface area contributed by atoms with E-state index in [1.807, 2.05) is 24.3 Å². The number of fused-ring (bicyclic) bond motifs is 3. The Labute approximate surface area is 176 Å². The molecule has 1 fully saturated rings. The third-order valence-corrected chi connectivity index (χ3v) is 6.01. The van der Waals surface area contributed by atoms with Gasteiger partial charge in [0.05, 0.1) is 0 Å². The van der Waals surface area contributed by atoms with Gasteiger partial charge in [0.2, 0.25) is 5.91 Å². The smallest absolute Gasteiger partial charge is 0.410 e. The molecule has 1 unspecified atom stereocenters. The highest BCUT2D eigenvalue weighted by atomic mass is 16.6. The van der Waals surface area contributed by atoms with Gasteiger partial charge < -0.3 is 15.2 Å². The van der Waals surface area contributed by atoms with E-state index in [1.54, 1.807) is 4.90 Å². The molecule has 1 aliphatic carbocycles. The van der Waals surface area contributed by atoms with Gasteiger partial charge in [0.1, 0.15) is 12.6 Å². The summed E-state index contributed by atoms with van der Waals surface area (Å²) in [6, 6.07) is 16.0. The maximum atomic E-state index is 12.8.